The number of ether oxygens (including phenoxy) is 1. The number of aromatic nitrogens is 5. The topological polar surface area (TPSA) is 102 Å². The second-order valence-electron chi connectivity index (χ2n) is 5.30. The van der Waals surface area contributed by atoms with Crippen molar-refractivity contribution >= 4 is 23.0 Å². The Morgan fingerprint density at radius 2 is 2.12 bits per heavy atom. The Balaban J connectivity index is 1.62. The van der Waals surface area contributed by atoms with Crippen LogP contribution in [0.2, 0.25) is 0 Å². The third kappa shape index (κ3) is 2.75. The van der Waals surface area contributed by atoms with Gasteiger partial charge in [0, 0.05) is 11.8 Å². The first-order valence-corrected chi connectivity index (χ1v) is 7.40. The molecular formula is C16H13FN6O2. The molecule has 3 aromatic heterocycles. The number of H-pyrrole nitrogens is 1. The number of pyridine rings is 1. The van der Waals surface area contributed by atoms with E-state index in [1.807, 2.05) is 0 Å². The number of methoxy groups -OCH3 is 1. The van der Waals surface area contributed by atoms with Gasteiger partial charge in [-0.05, 0) is 30.7 Å². The second-order valence-corrected chi connectivity index (χ2v) is 5.30. The number of nitrogens with zero attached hydrogens (tertiary/aromatic N) is 4. The normalized spacial score (nSPS) is 11.0. The van der Waals surface area contributed by atoms with Crippen LogP contribution >= 0.6 is 0 Å². The number of halogens is 1. The van der Waals surface area contributed by atoms with Gasteiger partial charge in [-0.1, -0.05) is 11.2 Å². The summed E-state index contributed by atoms with van der Waals surface area (Å²) in [7, 11) is 1.52. The highest BCUT2D eigenvalue weighted by molar-refractivity contribution is 5.82. The first kappa shape index (κ1) is 15.1. The molecule has 0 atom stereocenters. The lowest BCUT2D eigenvalue weighted by Gasteiger charge is -1.98. The molecule has 126 valence electrons. The van der Waals surface area contributed by atoms with E-state index in [-0.39, 0.29) is 17.7 Å². The molecule has 0 aliphatic carbocycles. The van der Waals surface area contributed by atoms with Gasteiger partial charge in [0.05, 0.1) is 12.6 Å². The molecule has 25 heavy (non-hydrogen) atoms. The number of benzene rings is 1. The SMILES string of the molecule is COc1nccc2[nH]c(Nc3nnc(-c4ccc(C)c(F)c4)o3)nc12. The summed E-state index contributed by atoms with van der Waals surface area (Å²) in [6, 6.07) is 6.62. The number of aryl methyl sites for hydroxylation is 1. The van der Waals surface area contributed by atoms with Gasteiger partial charge >= 0.3 is 6.01 Å². The van der Waals surface area contributed by atoms with Crippen LogP contribution in [-0.2, 0) is 0 Å². The molecule has 8 nitrogen and oxygen atoms in total. The highest BCUT2D eigenvalue weighted by Gasteiger charge is 2.13. The number of imidazole rings is 1. The van der Waals surface area contributed by atoms with Crippen molar-refractivity contribution in [2.45, 2.75) is 6.92 Å². The van der Waals surface area contributed by atoms with Crippen molar-refractivity contribution in [2.24, 2.45) is 0 Å². The Morgan fingerprint density at radius 3 is 2.92 bits per heavy atom. The van der Waals surface area contributed by atoms with Gasteiger partial charge in [0.25, 0.3) is 0 Å². The highest BCUT2D eigenvalue weighted by Crippen LogP contribution is 2.25. The van der Waals surface area contributed by atoms with E-state index in [1.54, 1.807) is 31.3 Å². The third-order valence-corrected chi connectivity index (χ3v) is 3.63. The smallest absolute Gasteiger partial charge is 0.322 e. The maximum atomic E-state index is 13.7. The lowest BCUT2D eigenvalue weighted by atomic mass is 10.1. The van der Waals surface area contributed by atoms with Gasteiger partial charge in [0.2, 0.25) is 17.7 Å². The van der Waals surface area contributed by atoms with E-state index in [4.69, 9.17) is 9.15 Å². The Hall–Kier alpha value is -3.49. The molecule has 0 unspecified atom stereocenters. The average molecular weight is 340 g/mol. The molecule has 0 fully saturated rings. The van der Waals surface area contributed by atoms with Crippen molar-refractivity contribution in [1.29, 1.82) is 0 Å². The van der Waals surface area contributed by atoms with E-state index in [9.17, 15) is 4.39 Å². The fourth-order valence-electron chi connectivity index (χ4n) is 2.34. The first-order chi connectivity index (χ1) is 12.1. The lowest BCUT2D eigenvalue weighted by Crippen LogP contribution is -1.92. The fraction of sp³-hybridized carbons (Fsp3) is 0.125. The van der Waals surface area contributed by atoms with Crippen LogP contribution in [0.5, 0.6) is 5.88 Å². The molecule has 1 aromatic carbocycles. The van der Waals surface area contributed by atoms with Gasteiger partial charge in [0.1, 0.15) is 5.82 Å². The molecule has 4 rings (SSSR count). The molecule has 0 radical (unpaired) electrons. The zero-order valence-electron chi connectivity index (χ0n) is 13.4. The number of anilines is 2. The fourth-order valence-corrected chi connectivity index (χ4v) is 2.34. The van der Waals surface area contributed by atoms with Gasteiger partial charge in [-0.3, -0.25) is 5.32 Å². The Kier molecular flexibility index (Phi) is 3.53. The van der Waals surface area contributed by atoms with E-state index < -0.39 is 0 Å². The monoisotopic (exact) mass is 340 g/mol. The largest absolute Gasteiger partial charge is 0.479 e. The van der Waals surface area contributed by atoms with Gasteiger partial charge in [-0.15, -0.1) is 5.10 Å². The van der Waals surface area contributed by atoms with E-state index in [0.29, 0.717) is 28.5 Å². The predicted octanol–water partition coefficient (Wildman–Crippen LogP) is 3.21. The van der Waals surface area contributed by atoms with E-state index in [2.05, 4.69) is 30.5 Å². The van der Waals surface area contributed by atoms with Crippen LogP contribution in [0.15, 0.2) is 34.9 Å². The number of fused-ring (bicyclic) bond motifs is 1. The van der Waals surface area contributed by atoms with Crippen LogP contribution < -0.4 is 10.1 Å². The van der Waals surface area contributed by atoms with E-state index in [0.717, 1.165) is 5.52 Å². The van der Waals surface area contributed by atoms with Crippen molar-refractivity contribution in [2.75, 3.05) is 12.4 Å². The molecule has 3 heterocycles. The molecule has 0 saturated carbocycles. The molecule has 0 amide bonds. The first-order valence-electron chi connectivity index (χ1n) is 7.40. The van der Waals surface area contributed by atoms with E-state index >= 15 is 0 Å². The second kappa shape index (κ2) is 5.86. The Bertz CT molecular complexity index is 1060. The van der Waals surface area contributed by atoms with Crippen LogP contribution in [-0.4, -0.2) is 32.3 Å². The lowest BCUT2D eigenvalue weighted by molar-refractivity contribution is 0.402. The number of hydrogen-bond acceptors (Lipinski definition) is 7. The highest BCUT2D eigenvalue weighted by atomic mass is 19.1. The molecular weight excluding hydrogens is 327 g/mol. The van der Waals surface area contributed by atoms with Crippen molar-refractivity contribution in [3.05, 3.63) is 41.8 Å². The Morgan fingerprint density at radius 1 is 1.24 bits per heavy atom. The minimum atomic E-state index is -0.331. The molecule has 0 spiro atoms. The van der Waals surface area contributed by atoms with Crippen LogP contribution in [0, 0.1) is 12.7 Å². The van der Waals surface area contributed by atoms with Gasteiger partial charge in [-0.25, -0.2) is 14.4 Å². The van der Waals surface area contributed by atoms with Gasteiger partial charge in [0.15, 0.2) is 5.52 Å². The summed E-state index contributed by atoms with van der Waals surface area (Å²) in [5.74, 6) is 0.675. The number of nitrogens with one attached hydrogen (secondary N) is 2. The summed E-state index contributed by atoms with van der Waals surface area (Å²) in [6.45, 7) is 1.69. The molecule has 0 saturated heterocycles. The number of aromatic amines is 1. The van der Waals surface area contributed by atoms with Crippen LogP contribution in [0.1, 0.15) is 5.56 Å². The molecule has 2 N–H and O–H groups in total. The summed E-state index contributed by atoms with van der Waals surface area (Å²) >= 11 is 0. The average Bonchev–Trinajstić information content (AvgIpc) is 3.23. The van der Waals surface area contributed by atoms with Gasteiger partial charge in [-0.2, -0.15) is 0 Å². The van der Waals surface area contributed by atoms with Crippen molar-refractivity contribution in [3.63, 3.8) is 0 Å². The Labute approximate surface area is 141 Å². The minimum absolute atomic E-state index is 0.127. The quantitative estimate of drug-likeness (QED) is 0.588. The summed E-state index contributed by atoms with van der Waals surface area (Å²) in [5.41, 5.74) is 2.37. The third-order valence-electron chi connectivity index (χ3n) is 3.63. The van der Waals surface area contributed by atoms with Crippen molar-refractivity contribution in [1.82, 2.24) is 25.1 Å². The molecule has 4 aromatic rings. The molecule has 0 aliphatic heterocycles. The van der Waals surface area contributed by atoms with Crippen LogP contribution in [0.3, 0.4) is 0 Å². The molecule has 0 bridgehead atoms. The molecule has 0 aliphatic rings. The summed E-state index contributed by atoms with van der Waals surface area (Å²) in [4.78, 5) is 11.5. The number of rotatable bonds is 4. The predicted molar refractivity (Wildman–Crippen MR) is 88.2 cm³/mol. The zero-order chi connectivity index (χ0) is 17.4. The van der Waals surface area contributed by atoms with Crippen LogP contribution in [0.4, 0.5) is 16.4 Å². The van der Waals surface area contributed by atoms with Gasteiger partial charge < -0.3 is 14.1 Å². The van der Waals surface area contributed by atoms with E-state index in [1.165, 1.54) is 13.2 Å². The van der Waals surface area contributed by atoms with Crippen molar-refractivity contribution in [3.8, 4) is 17.3 Å². The van der Waals surface area contributed by atoms with Crippen molar-refractivity contribution < 1.29 is 13.5 Å². The maximum absolute atomic E-state index is 13.7. The maximum Gasteiger partial charge on any atom is 0.322 e. The molecule has 9 heteroatoms. The zero-order valence-corrected chi connectivity index (χ0v) is 13.4. The summed E-state index contributed by atoms with van der Waals surface area (Å²) < 4.78 is 24.3. The summed E-state index contributed by atoms with van der Waals surface area (Å²) in [6.07, 6.45) is 1.61. The standard InChI is InChI=1S/C16H13FN6O2/c1-8-3-4-9(7-10(8)17)13-22-23-16(25-13)21-15-19-11-5-6-18-14(24-2)12(11)20-15/h3-7H,1-2H3,(H2,19,20,21,23). The minimum Gasteiger partial charge on any atom is -0.479 e. The van der Waals surface area contributed by atoms with Crippen LogP contribution in [0.25, 0.3) is 22.5 Å². The number of hydrogen-bond donors (Lipinski definition) is 2. The summed E-state index contributed by atoms with van der Waals surface area (Å²) in [5, 5.41) is 10.7.